The number of ketones is 1. The maximum atomic E-state index is 12.7. The van der Waals surface area contributed by atoms with Crippen molar-refractivity contribution >= 4 is 49.8 Å². The molecule has 1 aromatic heterocycles. The summed E-state index contributed by atoms with van der Waals surface area (Å²) in [7, 11) is -3.43. The van der Waals surface area contributed by atoms with E-state index in [1.165, 1.54) is 0 Å². The van der Waals surface area contributed by atoms with Crippen molar-refractivity contribution in [2.75, 3.05) is 11.2 Å². The molecule has 3 N–H and O–H groups in total. The molecular formula is C19H24N4O5S2. The summed E-state index contributed by atoms with van der Waals surface area (Å²) in [5, 5.41) is 1.67. The van der Waals surface area contributed by atoms with Crippen LogP contribution < -0.4 is 15.4 Å². The average molecular weight is 453 g/mol. The van der Waals surface area contributed by atoms with Crippen molar-refractivity contribution in [1.29, 1.82) is 0 Å². The lowest BCUT2D eigenvalue weighted by atomic mass is 10.0. The van der Waals surface area contributed by atoms with Crippen LogP contribution in [0.4, 0.5) is 10.8 Å². The summed E-state index contributed by atoms with van der Waals surface area (Å²) in [5.74, 6) is -2.40. The lowest BCUT2D eigenvalue weighted by Gasteiger charge is -2.21. The number of carbonyl (C=O) groups excluding carboxylic acids is 3. The van der Waals surface area contributed by atoms with Gasteiger partial charge in [-0.2, -0.15) is 0 Å². The van der Waals surface area contributed by atoms with Crippen LogP contribution >= 0.6 is 11.3 Å². The van der Waals surface area contributed by atoms with Crippen LogP contribution in [0.3, 0.4) is 0 Å². The largest absolute Gasteiger partial charge is 0.361 e. The number of nitrogens with one attached hydrogen (secondary N) is 1. The number of unbranched alkanes of at least 4 members (excludes halogenated alkanes) is 2. The molecular weight excluding hydrogens is 428 g/mol. The van der Waals surface area contributed by atoms with Crippen molar-refractivity contribution in [2.45, 2.75) is 39.2 Å². The summed E-state index contributed by atoms with van der Waals surface area (Å²) in [6.07, 6.45) is 3.91. The highest BCUT2D eigenvalue weighted by Gasteiger charge is 2.28. The van der Waals surface area contributed by atoms with Gasteiger partial charge in [-0.05, 0) is 18.6 Å². The monoisotopic (exact) mass is 452 g/mol. The van der Waals surface area contributed by atoms with E-state index in [9.17, 15) is 22.8 Å². The predicted molar refractivity (Wildman–Crippen MR) is 115 cm³/mol. The number of benzene rings is 1. The standard InChI is InChI=1S/C19H24N4O5S2/c1-3-4-5-10-16(24)14-8-6-7-9-15(14)23(18(26)17(20)25)19-22-13(12-29-19)11-21-30(2,27)28/h6-9,12,21H,3-5,10-11H2,1-2H3,(H2,20,25). The van der Waals surface area contributed by atoms with Crippen molar-refractivity contribution in [3.8, 4) is 0 Å². The minimum atomic E-state index is -3.43. The maximum Gasteiger partial charge on any atom is 0.322 e. The van der Waals surface area contributed by atoms with E-state index in [1.54, 1.807) is 29.6 Å². The van der Waals surface area contributed by atoms with Gasteiger partial charge in [0, 0.05) is 17.4 Å². The van der Waals surface area contributed by atoms with Crippen LogP contribution in [-0.4, -0.2) is 37.3 Å². The van der Waals surface area contributed by atoms with Gasteiger partial charge in [0.05, 0.1) is 24.2 Å². The Morgan fingerprint density at radius 3 is 2.53 bits per heavy atom. The number of Topliss-reactive ketones (excluding diaryl/α,β-unsaturated/α-hetero) is 1. The van der Waals surface area contributed by atoms with E-state index in [-0.39, 0.29) is 28.7 Å². The quantitative estimate of drug-likeness (QED) is 0.321. The Labute approximate surface area is 179 Å². The molecule has 0 saturated heterocycles. The molecule has 0 bridgehead atoms. The van der Waals surface area contributed by atoms with Crippen LogP contribution in [0.5, 0.6) is 0 Å². The minimum absolute atomic E-state index is 0.0778. The molecule has 30 heavy (non-hydrogen) atoms. The van der Waals surface area contributed by atoms with Gasteiger partial charge in [-0.15, -0.1) is 11.3 Å². The highest BCUT2D eigenvalue weighted by molar-refractivity contribution is 7.88. The second-order valence-corrected chi connectivity index (χ2v) is 9.29. The van der Waals surface area contributed by atoms with Crippen molar-refractivity contribution in [1.82, 2.24) is 9.71 Å². The first-order valence-electron chi connectivity index (χ1n) is 9.29. The first-order chi connectivity index (χ1) is 14.1. The number of thiazole rings is 1. The Morgan fingerprint density at radius 1 is 1.20 bits per heavy atom. The average Bonchev–Trinajstić information content (AvgIpc) is 3.15. The number of anilines is 2. The van der Waals surface area contributed by atoms with Gasteiger partial charge in [-0.25, -0.2) is 23.0 Å². The topological polar surface area (TPSA) is 140 Å². The van der Waals surface area contributed by atoms with E-state index in [2.05, 4.69) is 9.71 Å². The summed E-state index contributed by atoms with van der Waals surface area (Å²) < 4.78 is 24.9. The molecule has 1 heterocycles. The molecule has 0 unspecified atom stereocenters. The number of sulfonamides is 1. The van der Waals surface area contributed by atoms with E-state index in [0.29, 0.717) is 18.5 Å². The normalized spacial score (nSPS) is 11.3. The molecule has 0 radical (unpaired) electrons. The predicted octanol–water partition coefficient (Wildman–Crippen LogP) is 2.11. The van der Waals surface area contributed by atoms with Gasteiger partial charge < -0.3 is 5.73 Å². The van der Waals surface area contributed by atoms with Crippen LogP contribution in [0.2, 0.25) is 0 Å². The van der Waals surface area contributed by atoms with Crippen molar-refractivity contribution in [3.63, 3.8) is 0 Å². The third-order valence-electron chi connectivity index (χ3n) is 4.11. The number of hydrogen-bond acceptors (Lipinski definition) is 7. The van der Waals surface area contributed by atoms with Gasteiger partial charge in [0.1, 0.15) is 0 Å². The third kappa shape index (κ3) is 6.44. The lowest BCUT2D eigenvalue weighted by Crippen LogP contribution is -2.38. The Morgan fingerprint density at radius 2 is 1.90 bits per heavy atom. The highest BCUT2D eigenvalue weighted by atomic mass is 32.2. The lowest BCUT2D eigenvalue weighted by molar-refractivity contribution is -0.135. The molecule has 11 heteroatoms. The van der Waals surface area contributed by atoms with Crippen LogP contribution in [0, 0.1) is 0 Å². The highest BCUT2D eigenvalue weighted by Crippen LogP contribution is 2.32. The summed E-state index contributed by atoms with van der Waals surface area (Å²) in [5.41, 5.74) is 6.08. The van der Waals surface area contributed by atoms with Crippen LogP contribution in [0.15, 0.2) is 29.6 Å². The molecule has 0 spiro atoms. The number of para-hydroxylation sites is 1. The van der Waals surface area contributed by atoms with Crippen LogP contribution in [0.25, 0.3) is 0 Å². The summed E-state index contributed by atoms with van der Waals surface area (Å²) in [4.78, 5) is 42.3. The Balaban J connectivity index is 2.42. The Bertz CT molecular complexity index is 1030. The van der Waals surface area contributed by atoms with E-state index in [4.69, 9.17) is 5.73 Å². The van der Waals surface area contributed by atoms with Crippen molar-refractivity contribution in [3.05, 3.63) is 40.9 Å². The second-order valence-electron chi connectivity index (χ2n) is 6.62. The summed E-state index contributed by atoms with van der Waals surface area (Å²) in [6.45, 7) is 1.95. The number of nitrogens with two attached hydrogens (primary N) is 1. The van der Waals surface area contributed by atoms with Gasteiger partial charge >= 0.3 is 11.8 Å². The zero-order valence-electron chi connectivity index (χ0n) is 16.8. The number of carbonyl (C=O) groups is 3. The van der Waals surface area contributed by atoms with Gasteiger partial charge in [0.15, 0.2) is 10.9 Å². The molecule has 0 aliphatic heterocycles. The van der Waals surface area contributed by atoms with Crippen LogP contribution in [-0.2, 0) is 26.2 Å². The first-order valence-corrected chi connectivity index (χ1v) is 12.1. The molecule has 0 atom stereocenters. The van der Waals surface area contributed by atoms with Crippen molar-refractivity contribution in [2.24, 2.45) is 5.73 Å². The summed E-state index contributed by atoms with van der Waals surface area (Å²) >= 11 is 1.03. The molecule has 2 amide bonds. The smallest absolute Gasteiger partial charge is 0.322 e. The fourth-order valence-corrected chi connectivity index (χ4v) is 3.91. The molecule has 2 rings (SSSR count). The molecule has 0 fully saturated rings. The molecule has 162 valence electrons. The van der Waals surface area contributed by atoms with E-state index in [1.807, 2.05) is 6.92 Å². The molecule has 1 aromatic carbocycles. The molecule has 0 aliphatic rings. The molecule has 9 nitrogen and oxygen atoms in total. The van der Waals surface area contributed by atoms with Gasteiger partial charge in [-0.3, -0.25) is 14.4 Å². The van der Waals surface area contributed by atoms with E-state index >= 15 is 0 Å². The number of hydrogen-bond donors (Lipinski definition) is 2. The third-order valence-corrected chi connectivity index (χ3v) is 5.66. The zero-order chi connectivity index (χ0) is 22.3. The first kappa shape index (κ1) is 23.6. The summed E-state index contributed by atoms with van der Waals surface area (Å²) in [6, 6.07) is 6.44. The minimum Gasteiger partial charge on any atom is -0.361 e. The number of nitrogens with zero attached hydrogens (tertiary/aromatic N) is 2. The molecule has 2 aromatic rings. The second kappa shape index (κ2) is 10.4. The molecule has 0 saturated carbocycles. The van der Waals surface area contributed by atoms with Gasteiger partial charge in [0.25, 0.3) is 0 Å². The van der Waals surface area contributed by atoms with Crippen molar-refractivity contribution < 1.29 is 22.8 Å². The van der Waals surface area contributed by atoms with E-state index < -0.39 is 21.8 Å². The Hall–Kier alpha value is -2.63. The number of aromatic nitrogens is 1. The fraction of sp³-hybridized carbons (Fsp3) is 0.368. The van der Waals surface area contributed by atoms with E-state index in [0.717, 1.165) is 35.3 Å². The Kier molecular flexibility index (Phi) is 8.21. The number of primary amides is 1. The van der Waals surface area contributed by atoms with Gasteiger partial charge in [-0.1, -0.05) is 31.9 Å². The zero-order valence-corrected chi connectivity index (χ0v) is 18.4. The van der Waals surface area contributed by atoms with Crippen LogP contribution in [0.1, 0.15) is 48.7 Å². The SMILES string of the molecule is CCCCCC(=O)c1ccccc1N(C(=O)C(N)=O)c1nc(CNS(C)(=O)=O)cs1. The van der Waals surface area contributed by atoms with Gasteiger partial charge in [0.2, 0.25) is 10.0 Å². The molecule has 0 aliphatic carbocycles. The number of amides is 2. The maximum absolute atomic E-state index is 12.7. The fourth-order valence-electron chi connectivity index (χ4n) is 2.67. The number of rotatable bonds is 10.